The van der Waals surface area contributed by atoms with E-state index in [0.717, 1.165) is 12.8 Å². The van der Waals surface area contributed by atoms with Gasteiger partial charge in [0.1, 0.15) is 5.60 Å². The number of carbonyl (C=O) groups excluding carboxylic acids is 1. The monoisotopic (exact) mass is 224 g/mol. The highest BCUT2D eigenvalue weighted by Crippen LogP contribution is 2.58. The second-order valence-electron chi connectivity index (χ2n) is 6.61. The first kappa shape index (κ1) is 12.1. The number of hydrogen-bond donors (Lipinski definition) is 1. The second kappa shape index (κ2) is 3.56. The van der Waals surface area contributed by atoms with Gasteiger partial charge in [0.2, 0.25) is 0 Å². The van der Waals surface area contributed by atoms with Crippen LogP contribution in [-0.2, 0) is 4.79 Å². The summed E-state index contributed by atoms with van der Waals surface area (Å²) in [6.07, 6.45) is 3.82. The molecular weight excluding hydrogens is 200 g/mol. The van der Waals surface area contributed by atoms with Crippen molar-refractivity contribution in [2.75, 3.05) is 0 Å². The molecule has 16 heavy (non-hydrogen) atoms. The summed E-state index contributed by atoms with van der Waals surface area (Å²) in [5.41, 5.74) is -1.24. The van der Waals surface area contributed by atoms with E-state index >= 15 is 0 Å². The number of aliphatic hydroxyl groups is 1. The summed E-state index contributed by atoms with van der Waals surface area (Å²) in [7, 11) is 0. The minimum Gasteiger partial charge on any atom is -0.382 e. The van der Waals surface area contributed by atoms with E-state index in [-0.39, 0.29) is 11.2 Å². The Morgan fingerprint density at radius 3 is 2.06 bits per heavy atom. The molecule has 1 spiro atoms. The molecule has 0 amide bonds. The fourth-order valence-corrected chi connectivity index (χ4v) is 4.41. The molecule has 0 aromatic rings. The largest absolute Gasteiger partial charge is 0.382 e. The molecule has 2 saturated carbocycles. The van der Waals surface area contributed by atoms with Crippen molar-refractivity contribution in [3.05, 3.63) is 0 Å². The summed E-state index contributed by atoms with van der Waals surface area (Å²) in [4.78, 5) is 11.9. The second-order valence-corrected chi connectivity index (χ2v) is 6.61. The fourth-order valence-electron chi connectivity index (χ4n) is 4.41. The smallest absolute Gasteiger partial charge is 0.164 e. The standard InChI is InChI=1S/C14H24O2/c1-9-5-10(2)8-14(7-9)11(3)6-12(15)13(14,4)16/h9-11,16H,5-8H2,1-4H3/t9-,10+,11-,13+,14?/m1/s1. The molecule has 2 rings (SSSR count). The predicted molar refractivity (Wildman–Crippen MR) is 64.0 cm³/mol. The van der Waals surface area contributed by atoms with Crippen molar-refractivity contribution in [1.29, 1.82) is 0 Å². The first-order valence-electron chi connectivity index (χ1n) is 6.55. The molecule has 2 aliphatic carbocycles. The lowest BCUT2D eigenvalue weighted by Gasteiger charge is -2.49. The molecule has 2 heteroatoms. The Kier molecular flexibility index (Phi) is 2.69. The van der Waals surface area contributed by atoms with Crippen LogP contribution < -0.4 is 0 Å². The average molecular weight is 224 g/mol. The van der Waals surface area contributed by atoms with E-state index in [1.165, 1.54) is 6.42 Å². The van der Waals surface area contributed by atoms with Crippen molar-refractivity contribution in [2.45, 2.75) is 59.0 Å². The molecule has 2 nitrogen and oxygen atoms in total. The zero-order chi connectivity index (χ0) is 12.1. The first-order valence-corrected chi connectivity index (χ1v) is 6.55. The highest BCUT2D eigenvalue weighted by Gasteiger charge is 2.61. The summed E-state index contributed by atoms with van der Waals surface area (Å²) in [5.74, 6) is 1.65. The van der Waals surface area contributed by atoms with Crippen LogP contribution in [0.3, 0.4) is 0 Å². The molecular formula is C14H24O2. The summed E-state index contributed by atoms with van der Waals surface area (Å²) < 4.78 is 0. The molecule has 2 aliphatic rings. The molecule has 0 aliphatic heterocycles. The molecule has 0 aromatic carbocycles. The van der Waals surface area contributed by atoms with Crippen LogP contribution >= 0.6 is 0 Å². The van der Waals surface area contributed by atoms with Gasteiger partial charge in [-0.3, -0.25) is 4.79 Å². The lowest BCUT2D eigenvalue weighted by Crippen LogP contribution is -2.51. The van der Waals surface area contributed by atoms with Gasteiger partial charge in [-0.25, -0.2) is 0 Å². The van der Waals surface area contributed by atoms with Gasteiger partial charge in [0.25, 0.3) is 0 Å². The van der Waals surface area contributed by atoms with Gasteiger partial charge < -0.3 is 5.11 Å². The maximum atomic E-state index is 11.9. The highest BCUT2D eigenvalue weighted by molar-refractivity contribution is 5.90. The molecule has 0 bridgehead atoms. The van der Waals surface area contributed by atoms with Crippen LogP contribution in [0, 0.1) is 23.2 Å². The number of rotatable bonds is 0. The van der Waals surface area contributed by atoms with Gasteiger partial charge in [-0.1, -0.05) is 20.8 Å². The zero-order valence-electron chi connectivity index (χ0n) is 10.9. The predicted octanol–water partition coefficient (Wildman–Crippen LogP) is 2.79. The molecule has 0 aromatic heterocycles. The Bertz CT molecular complexity index is 296. The first-order chi connectivity index (χ1) is 7.29. The van der Waals surface area contributed by atoms with E-state index in [0.29, 0.717) is 24.2 Å². The molecule has 0 radical (unpaired) electrons. The molecule has 2 fully saturated rings. The molecule has 0 heterocycles. The van der Waals surface area contributed by atoms with E-state index in [2.05, 4.69) is 20.8 Å². The van der Waals surface area contributed by atoms with Crippen molar-refractivity contribution in [2.24, 2.45) is 23.2 Å². The van der Waals surface area contributed by atoms with Crippen LogP contribution in [0.2, 0.25) is 0 Å². The third-order valence-electron chi connectivity index (χ3n) is 5.18. The molecule has 0 saturated heterocycles. The summed E-state index contributed by atoms with van der Waals surface area (Å²) >= 11 is 0. The highest BCUT2D eigenvalue weighted by atomic mass is 16.3. The number of ketones is 1. The minimum atomic E-state index is -1.09. The van der Waals surface area contributed by atoms with E-state index in [9.17, 15) is 9.90 Å². The van der Waals surface area contributed by atoms with E-state index in [1.54, 1.807) is 6.92 Å². The lowest BCUT2D eigenvalue weighted by atomic mass is 9.57. The normalized spacial score (nSPS) is 53.6. The van der Waals surface area contributed by atoms with Crippen LogP contribution in [0.5, 0.6) is 0 Å². The molecule has 5 atom stereocenters. The van der Waals surface area contributed by atoms with Crippen molar-refractivity contribution in [3.8, 4) is 0 Å². The van der Waals surface area contributed by atoms with E-state index in [1.807, 2.05) is 0 Å². The van der Waals surface area contributed by atoms with Crippen molar-refractivity contribution >= 4 is 5.78 Å². The maximum Gasteiger partial charge on any atom is 0.164 e. The summed E-state index contributed by atoms with van der Waals surface area (Å²) in [6, 6.07) is 0. The van der Waals surface area contributed by atoms with Crippen molar-refractivity contribution in [3.63, 3.8) is 0 Å². The quantitative estimate of drug-likeness (QED) is 0.687. The van der Waals surface area contributed by atoms with Gasteiger partial charge in [0, 0.05) is 11.8 Å². The third kappa shape index (κ3) is 1.46. The Morgan fingerprint density at radius 2 is 1.69 bits per heavy atom. The van der Waals surface area contributed by atoms with E-state index < -0.39 is 5.60 Å². The molecule has 1 unspecified atom stereocenters. The minimum absolute atomic E-state index is 0.0568. The lowest BCUT2D eigenvalue weighted by molar-refractivity contribution is -0.148. The van der Waals surface area contributed by atoms with Crippen molar-refractivity contribution < 1.29 is 9.90 Å². The van der Waals surface area contributed by atoms with Crippen LogP contribution in [0.25, 0.3) is 0 Å². The van der Waals surface area contributed by atoms with Gasteiger partial charge in [0.15, 0.2) is 5.78 Å². The third-order valence-corrected chi connectivity index (χ3v) is 5.18. The van der Waals surface area contributed by atoms with Gasteiger partial charge in [-0.05, 0) is 43.9 Å². The van der Waals surface area contributed by atoms with Gasteiger partial charge in [0.05, 0.1) is 0 Å². The Hall–Kier alpha value is -0.370. The average Bonchev–Trinajstić information content (AvgIpc) is 2.27. The number of Topliss-reactive ketones (excluding diaryl/α,β-unsaturated/α-hetero) is 1. The van der Waals surface area contributed by atoms with Gasteiger partial charge >= 0.3 is 0 Å². The topological polar surface area (TPSA) is 37.3 Å². The van der Waals surface area contributed by atoms with Crippen LogP contribution in [-0.4, -0.2) is 16.5 Å². The zero-order valence-corrected chi connectivity index (χ0v) is 10.9. The number of carbonyl (C=O) groups is 1. The van der Waals surface area contributed by atoms with Crippen LogP contribution in [0.15, 0.2) is 0 Å². The summed E-state index contributed by atoms with van der Waals surface area (Å²) in [6.45, 7) is 8.40. The maximum absolute atomic E-state index is 11.9. The fraction of sp³-hybridized carbons (Fsp3) is 0.929. The van der Waals surface area contributed by atoms with Crippen molar-refractivity contribution in [1.82, 2.24) is 0 Å². The number of hydrogen-bond acceptors (Lipinski definition) is 2. The Labute approximate surface area is 98.4 Å². The van der Waals surface area contributed by atoms with E-state index in [4.69, 9.17) is 0 Å². The van der Waals surface area contributed by atoms with Crippen LogP contribution in [0.4, 0.5) is 0 Å². The van der Waals surface area contributed by atoms with Gasteiger partial charge in [-0.2, -0.15) is 0 Å². The van der Waals surface area contributed by atoms with Crippen LogP contribution in [0.1, 0.15) is 53.4 Å². The summed E-state index contributed by atoms with van der Waals surface area (Å²) in [5, 5.41) is 10.6. The Balaban J connectivity index is 2.38. The van der Waals surface area contributed by atoms with Gasteiger partial charge in [-0.15, -0.1) is 0 Å². The molecule has 1 N–H and O–H groups in total. The Morgan fingerprint density at radius 1 is 1.19 bits per heavy atom. The SMILES string of the molecule is C[C@@H]1C[C@H](C)CC2(C1)[C@H](C)CC(=O)[C@]2(C)O. The molecule has 92 valence electrons.